The second-order valence-electron chi connectivity index (χ2n) is 15.0. The normalized spacial score (nSPS) is 12.2. The van der Waals surface area contributed by atoms with Gasteiger partial charge in [0.1, 0.15) is 0 Å². The Hall–Kier alpha value is -5.69. The molecule has 6 heteroatoms. The zero-order chi connectivity index (χ0) is 39.6. The summed E-state index contributed by atoms with van der Waals surface area (Å²) in [5.74, 6) is 0. The number of benzene rings is 9. The van der Waals surface area contributed by atoms with Crippen LogP contribution in [-0.2, 0) is 11.8 Å². The van der Waals surface area contributed by atoms with E-state index in [1.165, 1.54) is 58.9 Å². The van der Waals surface area contributed by atoms with E-state index in [9.17, 15) is 0 Å². The maximum atomic E-state index is 6.69. The van der Waals surface area contributed by atoms with Crippen molar-refractivity contribution in [2.24, 2.45) is 0 Å². The quantitative estimate of drug-likeness (QED) is 0.0902. The summed E-state index contributed by atoms with van der Waals surface area (Å²) in [6, 6.07) is 77.0. The minimum atomic E-state index is -2.26. The Morgan fingerprint density at radius 1 is 0.390 bits per heavy atom. The van der Waals surface area contributed by atoms with Gasteiger partial charge >= 0.3 is 252 Å². The van der Waals surface area contributed by atoms with Crippen LogP contribution in [0.4, 0.5) is 0 Å². The van der Waals surface area contributed by atoms with Gasteiger partial charge in [-0.05, 0) is 22.0 Å². The van der Waals surface area contributed by atoms with Gasteiger partial charge in [0.25, 0.3) is 0 Å². The van der Waals surface area contributed by atoms with Crippen LogP contribution in [0.15, 0.2) is 218 Å². The second kappa shape index (κ2) is 14.5. The predicted molar refractivity (Wildman–Crippen MR) is 261 cm³/mol. The molecule has 0 fully saturated rings. The van der Waals surface area contributed by atoms with E-state index in [1.54, 1.807) is 0 Å². The van der Waals surface area contributed by atoms with Gasteiger partial charge in [-0.15, -0.1) is 0 Å². The van der Waals surface area contributed by atoms with E-state index in [2.05, 4.69) is 238 Å². The minimum Gasteiger partial charge on any atom is -0.0453 e. The number of hydrogen-bond acceptors (Lipinski definition) is 2. The van der Waals surface area contributed by atoms with E-state index >= 15 is 0 Å². The smallest absolute Gasteiger partial charge is 0.0453 e. The monoisotopic (exact) mass is 874 g/mol. The number of fused-ring (bicyclic) bond motifs is 9. The van der Waals surface area contributed by atoms with E-state index < -0.39 is 11.5 Å². The molecular formula is C53H36N2P2SSe. The van der Waals surface area contributed by atoms with E-state index in [-0.39, 0.29) is 0 Å². The summed E-state index contributed by atoms with van der Waals surface area (Å²) in [5, 5.41) is 13.4. The first-order chi connectivity index (χ1) is 29.0. The molecule has 11 rings (SSSR count). The molecule has 0 N–H and O–H groups in total. The summed E-state index contributed by atoms with van der Waals surface area (Å²) in [4.78, 5) is 5.34. The predicted octanol–water partition coefficient (Wildman–Crippen LogP) is 10.7. The second-order valence-corrected chi connectivity index (χ2v) is 25.7. The van der Waals surface area contributed by atoms with Crippen molar-refractivity contribution in [1.29, 1.82) is 0 Å². The molecule has 2 aromatic heterocycles. The molecule has 59 heavy (non-hydrogen) atoms. The molecule has 280 valence electrons. The Labute approximate surface area is 356 Å². The number of aromatic nitrogens is 2. The molecule has 0 aliphatic rings. The third-order valence-corrected chi connectivity index (χ3v) is 23.7. The third kappa shape index (κ3) is 5.94. The van der Waals surface area contributed by atoms with Crippen molar-refractivity contribution >= 4 is 119 Å². The summed E-state index contributed by atoms with van der Waals surface area (Å²) in [7, 11) is 0. The fourth-order valence-electron chi connectivity index (χ4n) is 8.78. The molecule has 11 aromatic rings. The van der Waals surface area contributed by atoms with E-state index in [0.717, 1.165) is 33.1 Å². The minimum absolute atomic E-state index is 0.972. The number of hydrogen-bond donors (Lipinski definition) is 0. The molecule has 0 aliphatic heterocycles. The molecule has 2 nitrogen and oxygen atoms in total. The van der Waals surface area contributed by atoms with Gasteiger partial charge in [-0.1, -0.05) is 78.5 Å². The van der Waals surface area contributed by atoms with Crippen LogP contribution in [0.3, 0.4) is 0 Å². The van der Waals surface area contributed by atoms with Gasteiger partial charge in [0.2, 0.25) is 0 Å². The Balaban J connectivity index is 1.09. The summed E-state index contributed by atoms with van der Waals surface area (Å²) in [6.07, 6.45) is 0. The first-order valence-corrected chi connectivity index (χ1v) is 26.6. The van der Waals surface area contributed by atoms with Gasteiger partial charge in [0.15, 0.2) is 0 Å². The first-order valence-electron chi connectivity index (χ1n) is 19.7. The number of rotatable bonds is 7. The molecule has 0 amide bonds. The van der Waals surface area contributed by atoms with Crippen molar-refractivity contribution in [2.75, 3.05) is 0 Å². The van der Waals surface area contributed by atoms with E-state index in [1.807, 2.05) is 0 Å². The standard InChI is InChI=1S/C53H36N2P2SSe/c58-56(41-15-5-1-6-16-41,42-17-7-2-8-18-42)45-29-27-38-33-37(25-26-39(38)34-45)40-28-31-48-47-23-13-14-24-49(47)53-54-50-32-30-46(36-52(50)55(53)51(48)35-40)57(59,43-19-9-3-10-20-43)44-21-11-4-12-22-44/h1-36H. The molecule has 0 aliphatic carbocycles. The van der Waals surface area contributed by atoms with Crippen molar-refractivity contribution in [2.45, 2.75) is 0 Å². The molecule has 0 saturated carbocycles. The summed E-state index contributed by atoms with van der Waals surface area (Å²) in [5.41, 5.74) is 4.44. The van der Waals surface area contributed by atoms with Crippen molar-refractivity contribution in [3.8, 4) is 11.1 Å². The van der Waals surface area contributed by atoms with Crippen LogP contribution in [0.5, 0.6) is 0 Å². The van der Waals surface area contributed by atoms with Crippen LogP contribution < -0.4 is 31.8 Å². The van der Waals surface area contributed by atoms with Crippen LogP contribution >= 0.6 is 11.5 Å². The van der Waals surface area contributed by atoms with Crippen LogP contribution in [0.25, 0.3) is 60.3 Å². The molecular weight excluding hydrogens is 838 g/mol. The Kier molecular flexibility index (Phi) is 8.97. The third-order valence-electron chi connectivity index (χ3n) is 11.7. The molecule has 0 bridgehead atoms. The molecule has 2 heterocycles. The van der Waals surface area contributed by atoms with Crippen LogP contribution in [-0.4, -0.2) is 24.5 Å². The fraction of sp³-hybridized carbons (Fsp3) is 0. The van der Waals surface area contributed by atoms with Crippen molar-refractivity contribution in [3.63, 3.8) is 0 Å². The van der Waals surface area contributed by atoms with Crippen molar-refractivity contribution in [3.05, 3.63) is 218 Å². The molecule has 0 saturated heterocycles. The fourth-order valence-corrected chi connectivity index (χ4v) is 17.4. The van der Waals surface area contributed by atoms with Gasteiger partial charge in [0.05, 0.1) is 0 Å². The Morgan fingerprint density at radius 3 is 1.54 bits per heavy atom. The molecule has 0 atom stereocenters. The summed E-state index contributed by atoms with van der Waals surface area (Å²) >= 11 is 10.5. The molecule has 0 unspecified atom stereocenters. The zero-order valence-electron chi connectivity index (χ0n) is 31.9. The van der Waals surface area contributed by atoms with Gasteiger partial charge in [-0.2, -0.15) is 0 Å². The molecule has 0 spiro atoms. The molecule has 0 radical (unpaired) electrons. The van der Waals surface area contributed by atoms with Crippen molar-refractivity contribution in [1.82, 2.24) is 9.38 Å². The average molecular weight is 874 g/mol. The van der Waals surface area contributed by atoms with E-state index in [4.69, 9.17) is 16.8 Å². The van der Waals surface area contributed by atoms with Gasteiger partial charge < -0.3 is 0 Å². The van der Waals surface area contributed by atoms with Gasteiger partial charge in [-0.25, -0.2) is 0 Å². The van der Waals surface area contributed by atoms with Crippen LogP contribution in [0.2, 0.25) is 0 Å². The molecule has 9 aromatic carbocycles. The zero-order valence-corrected chi connectivity index (χ0v) is 36.2. The van der Waals surface area contributed by atoms with Gasteiger partial charge in [0, 0.05) is 6.04 Å². The SMILES string of the molecule is S=P(c1ccccc1)(c1ccccc1)c1ccc2cc(-c3ccc4c5ccccc5c5nc6ccc(P(=[Se])(c7ccccc7)c7ccccc7)cc6n5c4c3)ccc2c1. The van der Waals surface area contributed by atoms with Crippen LogP contribution in [0.1, 0.15) is 0 Å². The topological polar surface area (TPSA) is 17.3 Å². The van der Waals surface area contributed by atoms with Crippen LogP contribution in [0, 0.1) is 0 Å². The Bertz CT molecular complexity index is 3410. The van der Waals surface area contributed by atoms with Crippen molar-refractivity contribution < 1.29 is 0 Å². The van der Waals surface area contributed by atoms with E-state index in [0.29, 0.717) is 0 Å². The number of imidazole rings is 1. The van der Waals surface area contributed by atoms with Gasteiger partial charge in [-0.3, -0.25) is 0 Å². The number of pyridine rings is 1. The number of nitrogens with zero attached hydrogens (tertiary/aromatic N) is 2. The summed E-state index contributed by atoms with van der Waals surface area (Å²) < 4.78 is 2.40. The Morgan fingerprint density at radius 2 is 0.898 bits per heavy atom. The average Bonchev–Trinajstić information content (AvgIpc) is 3.71. The summed E-state index contributed by atoms with van der Waals surface area (Å²) in [6.45, 7) is 0. The maximum absolute atomic E-state index is 6.69. The first kappa shape index (κ1) is 36.4.